The summed E-state index contributed by atoms with van der Waals surface area (Å²) in [6, 6.07) is 9.04. The number of ketones is 1. The van der Waals surface area contributed by atoms with E-state index in [1.807, 2.05) is 26.0 Å². The molecule has 0 N–H and O–H groups in total. The van der Waals surface area contributed by atoms with E-state index in [0.717, 1.165) is 11.1 Å². The number of carbonyl (C=O) groups is 3. The topological polar surface area (TPSA) is 76.8 Å². The van der Waals surface area contributed by atoms with Gasteiger partial charge in [0.2, 0.25) is 11.7 Å². The van der Waals surface area contributed by atoms with E-state index < -0.39 is 11.9 Å². The zero-order chi connectivity index (χ0) is 18.7. The van der Waals surface area contributed by atoms with E-state index >= 15 is 0 Å². The molecule has 6 heteroatoms. The molecule has 0 saturated carbocycles. The number of ether oxygens (including phenoxy) is 1. The minimum atomic E-state index is -0.552. The first-order chi connectivity index (χ1) is 12.4. The SMILES string of the molecule is Cc1ccc(C(=O)COC(=O)[C@H]2CC(=O)N(Cc3ccco3)C2)c(C)c1. The van der Waals surface area contributed by atoms with Gasteiger partial charge in [-0.2, -0.15) is 0 Å². The number of furan rings is 1. The molecule has 2 aromatic rings. The number of rotatable bonds is 6. The van der Waals surface area contributed by atoms with Crippen molar-refractivity contribution in [3.8, 4) is 0 Å². The summed E-state index contributed by atoms with van der Waals surface area (Å²) in [7, 11) is 0. The van der Waals surface area contributed by atoms with Crippen LogP contribution in [0.15, 0.2) is 41.0 Å². The minimum absolute atomic E-state index is 0.0945. The lowest BCUT2D eigenvalue weighted by Gasteiger charge is -2.14. The van der Waals surface area contributed by atoms with Crippen molar-refractivity contribution in [2.24, 2.45) is 5.92 Å². The maximum Gasteiger partial charge on any atom is 0.311 e. The molecular formula is C20H21NO5. The maximum atomic E-state index is 12.3. The van der Waals surface area contributed by atoms with Gasteiger partial charge in [0.25, 0.3) is 0 Å². The van der Waals surface area contributed by atoms with Crippen molar-refractivity contribution in [1.82, 2.24) is 4.90 Å². The van der Waals surface area contributed by atoms with Crippen molar-refractivity contribution < 1.29 is 23.5 Å². The molecular weight excluding hydrogens is 334 g/mol. The van der Waals surface area contributed by atoms with Gasteiger partial charge in [0, 0.05) is 18.5 Å². The van der Waals surface area contributed by atoms with Gasteiger partial charge in [-0.25, -0.2) is 0 Å². The van der Waals surface area contributed by atoms with Crippen LogP contribution in [0.4, 0.5) is 0 Å². The standard InChI is InChI=1S/C20H21NO5/c1-13-5-6-17(14(2)8-13)18(22)12-26-20(24)15-9-19(23)21(10-15)11-16-4-3-7-25-16/h3-8,15H,9-12H2,1-2H3/t15-/m0/s1. The zero-order valence-electron chi connectivity index (χ0n) is 14.9. The van der Waals surface area contributed by atoms with Crippen molar-refractivity contribution in [1.29, 1.82) is 0 Å². The quantitative estimate of drug-likeness (QED) is 0.588. The number of Topliss-reactive ketones (excluding diaryl/α,β-unsaturated/α-hetero) is 1. The predicted octanol–water partition coefficient (Wildman–Crippen LogP) is 2.67. The maximum absolute atomic E-state index is 12.3. The molecule has 3 rings (SSSR count). The van der Waals surface area contributed by atoms with Crippen LogP contribution in [0.1, 0.15) is 33.7 Å². The van der Waals surface area contributed by atoms with Gasteiger partial charge in [0.15, 0.2) is 6.61 Å². The number of hydrogen-bond donors (Lipinski definition) is 0. The lowest BCUT2D eigenvalue weighted by atomic mass is 10.0. The van der Waals surface area contributed by atoms with Crippen LogP contribution in [0.25, 0.3) is 0 Å². The molecule has 6 nitrogen and oxygen atoms in total. The van der Waals surface area contributed by atoms with Crippen LogP contribution >= 0.6 is 0 Å². The van der Waals surface area contributed by atoms with Gasteiger partial charge in [-0.05, 0) is 31.5 Å². The lowest BCUT2D eigenvalue weighted by molar-refractivity contribution is -0.147. The molecule has 0 aliphatic carbocycles. The second kappa shape index (κ2) is 7.56. The summed E-state index contributed by atoms with van der Waals surface area (Å²) in [6.07, 6.45) is 1.64. The van der Waals surface area contributed by atoms with Gasteiger partial charge >= 0.3 is 5.97 Å². The van der Waals surface area contributed by atoms with Crippen LogP contribution in [-0.4, -0.2) is 35.7 Å². The van der Waals surface area contributed by atoms with Gasteiger partial charge in [-0.1, -0.05) is 23.8 Å². The molecule has 1 atom stereocenters. The molecule has 0 spiro atoms. The molecule has 1 saturated heterocycles. The van der Waals surface area contributed by atoms with Crippen molar-refractivity contribution in [3.05, 3.63) is 59.0 Å². The average molecular weight is 355 g/mol. The molecule has 136 valence electrons. The highest BCUT2D eigenvalue weighted by Crippen LogP contribution is 2.22. The van der Waals surface area contributed by atoms with E-state index in [4.69, 9.17) is 9.15 Å². The van der Waals surface area contributed by atoms with E-state index in [0.29, 0.717) is 17.9 Å². The fraction of sp³-hybridized carbons (Fsp3) is 0.350. The second-order valence-corrected chi connectivity index (χ2v) is 6.60. The Morgan fingerprint density at radius 1 is 1.27 bits per heavy atom. The van der Waals surface area contributed by atoms with E-state index in [1.165, 1.54) is 0 Å². The van der Waals surface area contributed by atoms with Crippen molar-refractivity contribution in [3.63, 3.8) is 0 Å². The lowest BCUT2D eigenvalue weighted by Crippen LogP contribution is -2.27. The van der Waals surface area contributed by atoms with Crippen LogP contribution in [0.5, 0.6) is 0 Å². The molecule has 26 heavy (non-hydrogen) atoms. The van der Waals surface area contributed by atoms with Crippen molar-refractivity contribution in [2.75, 3.05) is 13.2 Å². The Bertz CT molecular complexity index is 825. The molecule has 1 aliphatic heterocycles. The summed E-state index contributed by atoms with van der Waals surface area (Å²) in [5.41, 5.74) is 2.47. The Morgan fingerprint density at radius 2 is 2.08 bits per heavy atom. The number of aryl methyl sites for hydroxylation is 2. The van der Waals surface area contributed by atoms with Gasteiger partial charge < -0.3 is 14.1 Å². The zero-order valence-corrected chi connectivity index (χ0v) is 14.9. The number of hydrogen-bond acceptors (Lipinski definition) is 5. The first-order valence-electron chi connectivity index (χ1n) is 8.51. The van der Waals surface area contributed by atoms with Crippen LogP contribution in [0.3, 0.4) is 0 Å². The average Bonchev–Trinajstić information content (AvgIpc) is 3.23. The molecule has 0 unspecified atom stereocenters. The first-order valence-corrected chi connectivity index (χ1v) is 8.51. The van der Waals surface area contributed by atoms with E-state index in [-0.39, 0.29) is 31.3 Å². The molecule has 0 bridgehead atoms. The van der Waals surface area contributed by atoms with Crippen molar-refractivity contribution >= 4 is 17.7 Å². The van der Waals surface area contributed by atoms with Gasteiger partial charge in [0.1, 0.15) is 5.76 Å². The molecule has 1 amide bonds. The Morgan fingerprint density at radius 3 is 2.77 bits per heavy atom. The number of nitrogens with zero attached hydrogens (tertiary/aromatic N) is 1. The fourth-order valence-electron chi connectivity index (χ4n) is 3.13. The number of amides is 1. The molecule has 1 fully saturated rings. The highest BCUT2D eigenvalue weighted by Gasteiger charge is 2.35. The molecule has 2 heterocycles. The Hall–Kier alpha value is -2.89. The van der Waals surface area contributed by atoms with Gasteiger partial charge in [-0.15, -0.1) is 0 Å². The molecule has 1 aromatic heterocycles. The van der Waals surface area contributed by atoms with E-state index in [9.17, 15) is 14.4 Å². The van der Waals surface area contributed by atoms with Gasteiger partial charge in [0.05, 0.1) is 18.7 Å². The van der Waals surface area contributed by atoms with Gasteiger partial charge in [-0.3, -0.25) is 14.4 Å². The number of esters is 1. The van der Waals surface area contributed by atoms with Crippen LogP contribution in [-0.2, 0) is 20.9 Å². The monoisotopic (exact) mass is 355 g/mol. The number of likely N-dealkylation sites (tertiary alicyclic amines) is 1. The van der Waals surface area contributed by atoms with Crippen LogP contribution < -0.4 is 0 Å². The Balaban J connectivity index is 1.53. The number of carbonyl (C=O) groups excluding carboxylic acids is 3. The second-order valence-electron chi connectivity index (χ2n) is 6.60. The number of benzene rings is 1. The molecule has 0 radical (unpaired) electrons. The largest absolute Gasteiger partial charge is 0.467 e. The first kappa shape index (κ1) is 17.9. The molecule has 1 aliphatic rings. The van der Waals surface area contributed by atoms with E-state index in [2.05, 4.69) is 0 Å². The predicted molar refractivity (Wildman–Crippen MR) is 93.4 cm³/mol. The molecule has 1 aromatic carbocycles. The normalized spacial score (nSPS) is 16.8. The fourth-order valence-corrected chi connectivity index (χ4v) is 3.13. The van der Waals surface area contributed by atoms with Crippen molar-refractivity contribution in [2.45, 2.75) is 26.8 Å². The highest BCUT2D eigenvalue weighted by atomic mass is 16.5. The van der Waals surface area contributed by atoms with E-state index in [1.54, 1.807) is 29.4 Å². The summed E-state index contributed by atoms with van der Waals surface area (Å²) < 4.78 is 10.4. The summed E-state index contributed by atoms with van der Waals surface area (Å²) in [5, 5.41) is 0. The third-order valence-corrected chi connectivity index (χ3v) is 4.50. The Kier molecular flexibility index (Phi) is 5.21. The third-order valence-electron chi connectivity index (χ3n) is 4.50. The highest BCUT2D eigenvalue weighted by molar-refractivity contribution is 5.99. The smallest absolute Gasteiger partial charge is 0.311 e. The summed E-state index contributed by atoms with van der Waals surface area (Å²) >= 11 is 0. The van der Waals surface area contributed by atoms with Crippen LogP contribution in [0, 0.1) is 19.8 Å². The minimum Gasteiger partial charge on any atom is -0.467 e. The van der Waals surface area contributed by atoms with Crippen LogP contribution in [0.2, 0.25) is 0 Å². The Labute approximate surface area is 151 Å². The summed E-state index contributed by atoms with van der Waals surface area (Å²) in [5.74, 6) is -0.767. The third kappa shape index (κ3) is 4.02. The summed E-state index contributed by atoms with van der Waals surface area (Å²) in [4.78, 5) is 38.1. The summed E-state index contributed by atoms with van der Waals surface area (Å²) in [6.45, 7) is 4.09.